The summed E-state index contributed by atoms with van der Waals surface area (Å²) in [5.74, 6) is -0.0706. The van der Waals surface area contributed by atoms with E-state index in [0.717, 1.165) is 12.8 Å². The Labute approximate surface area is 110 Å². The Balaban J connectivity index is 2.03. The first kappa shape index (κ1) is 13.6. The summed E-state index contributed by atoms with van der Waals surface area (Å²) in [4.78, 5) is 24.9. The predicted octanol–water partition coefficient (Wildman–Crippen LogP) is 0.586. The van der Waals surface area contributed by atoms with Crippen molar-refractivity contribution in [2.24, 2.45) is 11.8 Å². The molecule has 1 aromatic heterocycles. The van der Waals surface area contributed by atoms with E-state index in [4.69, 9.17) is 14.3 Å². The summed E-state index contributed by atoms with van der Waals surface area (Å²) in [6.45, 7) is 3.75. The average Bonchev–Trinajstić information content (AvgIpc) is 2.74. The van der Waals surface area contributed by atoms with Crippen LogP contribution < -0.4 is 5.43 Å². The van der Waals surface area contributed by atoms with Crippen LogP contribution in [0.4, 0.5) is 0 Å². The van der Waals surface area contributed by atoms with E-state index in [9.17, 15) is 9.59 Å². The molecule has 0 radical (unpaired) electrons. The number of hydrogen-bond acceptors (Lipinski definition) is 6. The first-order valence-electron chi connectivity index (χ1n) is 6.12. The molecule has 2 rings (SSSR count). The van der Waals surface area contributed by atoms with Crippen molar-refractivity contribution >= 4 is 5.97 Å². The summed E-state index contributed by atoms with van der Waals surface area (Å²) >= 11 is 0. The van der Waals surface area contributed by atoms with Crippen LogP contribution in [-0.4, -0.2) is 36.2 Å². The molecule has 2 heterocycles. The molecule has 1 N–H and O–H groups in total. The summed E-state index contributed by atoms with van der Waals surface area (Å²) in [6.07, 6.45) is 1.04. The quantitative estimate of drug-likeness (QED) is 0.807. The van der Waals surface area contributed by atoms with Crippen LogP contribution in [-0.2, 0) is 16.1 Å². The minimum absolute atomic E-state index is 0.145. The smallest absolute Gasteiger partial charge is 0.310 e. The molecule has 0 bridgehead atoms. The zero-order valence-electron chi connectivity index (χ0n) is 11.0. The molecule has 6 heteroatoms. The molecule has 104 valence electrons. The van der Waals surface area contributed by atoms with Crippen molar-refractivity contribution in [3.05, 3.63) is 28.3 Å². The fraction of sp³-hybridized carbons (Fsp3) is 0.538. The van der Waals surface area contributed by atoms with E-state index < -0.39 is 11.2 Å². The van der Waals surface area contributed by atoms with Crippen molar-refractivity contribution in [3.8, 4) is 5.75 Å². The summed E-state index contributed by atoms with van der Waals surface area (Å²) in [5.41, 5.74) is -0.460. The Morgan fingerprint density at radius 2 is 2.32 bits per heavy atom. The summed E-state index contributed by atoms with van der Waals surface area (Å²) < 4.78 is 9.92. The highest BCUT2D eigenvalue weighted by Gasteiger charge is 2.35. The van der Waals surface area contributed by atoms with E-state index in [0.29, 0.717) is 18.8 Å². The maximum absolute atomic E-state index is 11.6. The van der Waals surface area contributed by atoms with Gasteiger partial charge in [-0.05, 0) is 5.92 Å². The maximum Gasteiger partial charge on any atom is 0.310 e. The van der Waals surface area contributed by atoms with Gasteiger partial charge in [0.05, 0.1) is 19.6 Å². The van der Waals surface area contributed by atoms with Crippen LogP contribution in [0.25, 0.3) is 0 Å². The van der Waals surface area contributed by atoms with Crippen molar-refractivity contribution < 1.29 is 19.1 Å². The molecule has 2 unspecified atom stereocenters. The van der Waals surface area contributed by atoms with Crippen molar-refractivity contribution in [3.63, 3.8) is 0 Å². The van der Waals surface area contributed by atoms with Gasteiger partial charge in [0.25, 0.3) is 0 Å². The lowest BCUT2D eigenvalue weighted by atomic mass is 9.99. The minimum atomic E-state index is -0.460. The second-order valence-electron chi connectivity index (χ2n) is 4.90. The molecular weight excluding hydrogens is 250 g/mol. The SMILES string of the molecule is COC(=O)C1CN(Cc2cc(=O)c(O)co2)CC1C. The van der Waals surface area contributed by atoms with Crippen molar-refractivity contribution in [2.75, 3.05) is 20.2 Å². The molecule has 0 saturated carbocycles. The third kappa shape index (κ3) is 2.96. The third-order valence-corrected chi connectivity index (χ3v) is 3.44. The van der Waals surface area contributed by atoms with Gasteiger partial charge in [-0.1, -0.05) is 6.92 Å². The first-order chi connectivity index (χ1) is 9.01. The first-order valence-corrected chi connectivity index (χ1v) is 6.12. The minimum Gasteiger partial charge on any atom is -0.502 e. The topological polar surface area (TPSA) is 80.0 Å². The van der Waals surface area contributed by atoms with Crippen LogP contribution in [0.5, 0.6) is 5.75 Å². The van der Waals surface area contributed by atoms with E-state index in [1.807, 2.05) is 11.8 Å². The summed E-state index contributed by atoms with van der Waals surface area (Å²) in [7, 11) is 1.39. The Kier molecular flexibility index (Phi) is 3.90. The van der Waals surface area contributed by atoms with Crippen LogP contribution in [0, 0.1) is 11.8 Å². The Hall–Kier alpha value is -1.82. The van der Waals surface area contributed by atoms with E-state index >= 15 is 0 Å². The number of ether oxygens (including phenoxy) is 1. The molecular formula is C13H17NO5. The molecule has 19 heavy (non-hydrogen) atoms. The molecule has 1 aromatic rings. The van der Waals surface area contributed by atoms with E-state index in [2.05, 4.69) is 0 Å². The van der Waals surface area contributed by atoms with Crippen LogP contribution in [0.2, 0.25) is 0 Å². The van der Waals surface area contributed by atoms with E-state index in [1.54, 1.807) is 0 Å². The molecule has 1 aliphatic rings. The molecule has 0 aliphatic carbocycles. The number of aromatic hydroxyl groups is 1. The van der Waals surface area contributed by atoms with Crippen molar-refractivity contribution in [1.29, 1.82) is 0 Å². The van der Waals surface area contributed by atoms with Gasteiger partial charge < -0.3 is 14.3 Å². The van der Waals surface area contributed by atoms with Gasteiger partial charge in [-0.3, -0.25) is 14.5 Å². The van der Waals surface area contributed by atoms with Gasteiger partial charge in [-0.25, -0.2) is 0 Å². The highest BCUT2D eigenvalue weighted by molar-refractivity contribution is 5.73. The normalized spacial score (nSPS) is 23.5. The number of rotatable bonds is 3. The zero-order chi connectivity index (χ0) is 14.0. The van der Waals surface area contributed by atoms with Gasteiger partial charge in [0.1, 0.15) is 12.0 Å². The van der Waals surface area contributed by atoms with Crippen molar-refractivity contribution in [1.82, 2.24) is 4.90 Å². The van der Waals surface area contributed by atoms with Gasteiger partial charge in [0, 0.05) is 19.2 Å². The Bertz CT molecular complexity index is 524. The summed E-state index contributed by atoms with van der Waals surface area (Å²) in [6, 6.07) is 1.27. The molecule has 1 fully saturated rings. The number of esters is 1. The number of likely N-dealkylation sites (tertiary alicyclic amines) is 1. The van der Waals surface area contributed by atoms with Crippen LogP contribution in [0.3, 0.4) is 0 Å². The summed E-state index contributed by atoms with van der Waals surface area (Å²) in [5, 5.41) is 9.11. The number of hydrogen-bond donors (Lipinski definition) is 1. The Morgan fingerprint density at radius 1 is 1.58 bits per heavy atom. The van der Waals surface area contributed by atoms with Gasteiger partial charge >= 0.3 is 5.97 Å². The largest absolute Gasteiger partial charge is 0.502 e. The van der Waals surface area contributed by atoms with Gasteiger partial charge in [-0.15, -0.1) is 0 Å². The lowest BCUT2D eigenvalue weighted by Gasteiger charge is -2.14. The maximum atomic E-state index is 11.6. The second-order valence-corrected chi connectivity index (χ2v) is 4.90. The lowest BCUT2D eigenvalue weighted by molar-refractivity contribution is -0.146. The Morgan fingerprint density at radius 3 is 2.95 bits per heavy atom. The highest BCUT2D eigenvalue weighted by Crippen LogP contribution is 2.25. The fourth-order valence-corrected chi connectivity index (χ4v) is 2.40. The molecule has 0 spiro atoms. The average molecular weight is 267 g/mol. The molecule has 0 aromatic carbocycles. The second kappa shape index (κ2) is 5.44. The molecule has 6 nitrogen and oxygen atoms in total. The van der Waals surface area contributed by atoms with Gasteiger partial charge in [0.15, 0.2) is 5.75 Å². The number of methoxy groups -OCH3 is 1. The van der Waals surface area contributed by atoms with Crippen LogP contribution >= 0.6 is 0 Å². The zero-order valence-corrected chi connectivity index (χ0v) is 11.0. The molecule has 1 aliphatic heterocycles. The number of carbonyl (C=O) groups excluding carboxylic acids is 1. The van der Waals surface area contributed by atoms with Crippen LogP contribution in [0.1, 0.15) is 12.7 Å². The van der Waals surface area contributed by atoms with E-state index in [1.165, 1.54) is 13.2 Å². The number of nitrogens with zero attached hydrogens (tertiary/aromatic N) is 1. The predicted molar refractivity (Wildman–Crippen MR) is 66.6 cm³/mol. The monoisotopic (exact) mass is 267 g/mol. The standard InChI is InChI=1S/C13H17NO5/c1-8-4-14(6-10(8)13(17)18-2)5-9-3-11(15)12(16)7-19-9/h3,7-8,10,16H,4-6H2,1-2H3. The molecule has 0 amide bonds. The fourth-order valence-electron chi connectivity index (χ4n) is 2.40. The molecule has 2 atom stereocenters. The van der Waals surface area contributed by atoms with Crippen molar-refractivity contribution in [2.45, 2.75) is 13.5 Å². The van der Waals surface area contributed by atoms with Gasteiger partial charge in [0.2, 0.25) is 5.43 Å². The van der Waals surface area contributed by atoms with Crippen LogP contribution in [0.15, 0.2) is 21.5 Å². The highest BCUT2D eigenvalue weighted by atomic mass is 16.5. The molecule has 1 saturated heterocycles. The lowest BCUT2D eigenvalue weighted by Crippen LogP contribution is -2.24. The number of carbonyl (C=O) groups is 1. The van der Waals surface area contributed by atoms with Gasteiger partial charge in [-0.2, -0.15) is 0 Å². The van der Waals surface area contributed by atoms with E-state index in [-0.39, 0.29) is 17.8 Å². The third-order valence-electron chi connectivity index (χ3n) is 3.44.